The maximum absolute atomic E-state index is 12.8. The molecule has 0 saturated carbocycles. The Morgan fingerprint density at radius 2 is 1.77 bits per heavy atom. The number of ketones is 1. The number of nitrogens with zero attached hydrogens (tertiary/aromatic N) is 1. The number of Topliss-reactive ketones (excluding diaryl/α,β-unsaturated/α-hetero) is 1. The largest absolute Gasteiger partial charge is 0.444 e. The molecule has 0 aliphatic carbocycles. The molecular weight excluding hydrogens is 328 g/mol. The van der Waals surface area contributed by atoms with Crippen molar-refractivity contribution in [3.8, 4) is 0 Å². The average molecular weight is 363 g/mol. The molecule has 1 unspecified atom stereocenters. The van der Waals surface area contributed by atoms with Gasteiger partial charge >= 0.3 is 6.09 Å². The van der Waals surface area contributed by atoms with Gasteiger partial charge in [-0.3, -0.25) is 9.69 Å². The van der Waals surface area contributed by atoms with Crippen LogP contribution >= 0.6 is 0 Å². The fourth-order valence-electron chi connectivity index (χ4n) is 2.64. The second-order valence-corrected chi connectivity index (χ2v) is 8.08. The summed E-state index contributed by atoms with van der Waals surface area (Å²) < 4.78 is 5.31. The molecule has 1 aromatic carbocycles. The van der Waals surface area contributed by atoms with Crippen LogP contribution in [-0.4, -0.2) is 41.5 Å². The molecular formula is C21H34N2O3. The summed E-state index contributed by atoms with van der Waals surface area (Å²) in [5, 5.41) is 2.76. The lowest BCUT2D eigenvalue weighted by Crippen LogP contribution is -2.47. The number of carbonyl (C=O) groups is 2. The molecule has 26 heavy (non-hydrogen) atoms. The zero-order valence-corrected chi connectivity index (χ0v) is 17.0. The lowest BCUT2D eigenvalue weighted by molar-refractivity contribution is -0.122. The Morgan fingerprint density at radius 3 is 2.27 bits per heavy atom. The van der Waals surface area contributed by atoms with E-state index in [9.17, 15) is 9.59 Å². The Hall–Kier alpha value is -1.88. The van der Waals surface area contributed by atoms with Gasteiger partial charge in [-0.1, -0.05) is 51.1 Å². The van der Waals surface area contributed by atoms with Crippen molar-refractivity contribution in [1.82, 2.24) is 10.2 Å². The number of carbonyl (C=O) groups excluding carboxylic acids is 2. The molecule has 1 rings (SSSR count). The molecule has 0 fully saturated rings. The minimum absolute atomic E-state index is 0.0161. The minimum Gasteiger partial charge on any atom is -0.444 e. The predicted molar refractivity (Wildman–Crippen MR) is 105 cm³/mol. The van der Waals surface area contributed by atoms with Crippen molar-refractivity contribution in [2.24, 2.45) is 5.92 Å². The third kappa shape index (κ3) is 8.99. The van der Waals surface area contributed by atoms with Crippen molar-refractivity contribution in [1.29, 1.82) is 0 Å². The maximum Gasteiger partial charge on any atom is 0.408 e. The summed E-state index contributed by atoms with van der Waals surface area (Å²) in [4.78, 5) is 27.0. The van der Waals surface area contributed by atoms with E-state index in [0.29, 0.717) is 25.4 Å². The van der Waals surface area contributed by atoms with Crippen LogP contribution in [0.5, 0.6) is 0 Å². The van der Waals surface area contributed by atoms with Gasteiger partial charge in [0, 0.05) is 6.54 Å². The molecule has 0 aliphatic heterocycles. The zero-order chi connectivity index (χ0) is 19.7. The van der Waals surface area contributed by atoms with Gasteiger partial charge in [-0.2, -0.15) is 0 Å². The van der Waals surface area contributed by atoms with Crippen LogP contribution in [0, 0.1) is 5.92 Å². The zero-order valence-electron chi connectivity index (χ0n) is 17.0. The third-order valence-corrected chi connectivity index (χ3v) is 3.86. The van der Waals surface area contributed by atoms with E-state index in [1.54, 1.807) is 0 Å². The molecule has 0 aliphatic rings. The van der Waals surface area contributed by atoms with E-state index >= 15 is 0 Å². The summed E-state index contributed by atoms with van der Waals surface area (Å²) in [5.41, 5.74) is 0.584. The first-order chi connectivity index (χ1) is 12.1. The molecule has 0 bridgehead atoms. The van der Waals surface area contributed by atoms with E-state index in [0.717, 1.165) is 6.54 Å². The SMILES string of the molecule is CCN(CC(=O)C(CC(C)C)NC(=O)OC(C)(C)C)Cc1ccccc1. The molecule has 0 spiro atoms. The third-order valence-electron chi connectivity index (χ3n) is 3.86. The van der Waals surface area contributed by atoms with Gasteiger partial charge in [-0.25, -0.2) is 4.79 Å². The first-order valence-corrected chi connectivity index (χ1v) is 9.39. The predicted octanol–water partition coefficient (Wildman–Crippen LogP) is 4.02. The highest BCUT2D eigenvalue weighted by Gasteiger charge is 2.26. The van der Waals surface area contributed by atoms with Crippen molar-refractivity contribution in [3.05, 3.63) is 35.9 Å². The molecule has 5 heteroatoms. The number of nitrogens with one attached hydrogen (secondary N) is 1. The van der Waals surface area contributed by atoms with E-state index in [1.807, 2.05) is 59.7 Å². The van der Waals surface area contributed by atoms with Gasteiger partial charge in [-0.15, -0.1) is 0 Å². The highest BCUT2D eigenvalue weighted by atomic mass is 16.6. The van der Waals surface area contributed by atoms with Crippen LogP contribution < -0.4 is 5.32 Å². The first-order valence-electron chi connectivity index (χ1n) is 9.39. The molecule has 0 saturated heterocycles. The van der Waals surface area contributed by atoms with Crippen molar-refractivity contribution in [2.75, 3.05) is 13.1 Å². The second kappa shape index (κ2) is 10.3. The monoisotopic (exact) mass is 362 g/mol. The summed E-state index contributed by atoms with van der Waals surface area (Å²) in [6, 6.07) is 9.55. The quantitative estimate of drug-likeness (QED) is 0.721. The number of hydrogen-bond donors (Lipinski definition) is 1. The summed E-state index contributed by atoms with van der Waals surface area (Å²) in [7, 11) is 0. The molecule has 0 radical (unpaired) electrons. The van der Waals surface area contributed by atoms with Crippen LogP contribution in [0.15, 0.2) is 30.3 Å². The number of likely N-dealkylation sites (N-methyl/N-ethyl adjacent to an activating group) is 1. The van der Waals surface area contributed by atoms with Gasteiger partial charge in [0.15, 0.2) is 5.78 Å². The summed E-state index contributed by atoms with van der Waals surface area (Å²) in [6.45, 7) is 13.3. The highest BCUT2D eigenvalue weighted by Crippen LogP contribution is 2.11. The highest BCUT2D eigenvalue weighted by molar-refractivity contribution is 5.89. The summed E-state index contributed by atoms with van der Waals surface area (Å²) in [5.74, 6) is 0.311. The van der Waals surface area contributed by atoms with Crippen LogP contribution in [0.25, 0.3) is 0 Å². The van der Waals surface area contributed by atoms with E-state index in [1.165, 1.54) is 5.56 Å². The molecule has 1 amide bonds. The average Bonchev–Trinajstić information content (AvgIpc) is 2.52. The number of rotatable bonds is 9. The van der Waals surface area contributed by atoms with Gasteiger partial charge in [0.2, 0.25) is 0 Å². The molecule has 146 valence electrons. The minimum atomic E-state index is -0.585. The number of hydrogen-bond acceptors (Lipinski definition) is 4. The molecule has 5 nitrogen and oxygen atoms in total. The number of amides is 1. The summed E-state index contributed by atoms with van der Waals surface area (Å²) >= 11 is 0. The molecule has 1 aromatic rings. The van der Waals surface area contributed by atoms with Crippen molar-refractivity contribution in [3.63, 3.8) is 0 Å². The van der Waals surface area contributed by atoms with Crippen LogP contribution in [0.2, 0.25) is 0 Å². The number of ether oxygens (including phenoxy) is 1. The lowest BCUT2D eigenvalue weighted by atomic mass is 10.00. The van der Waals surface area contributed by atoms with Crippen LogP contribution in [0.1, 0.15) is 53.5 Å². The summed E-state index contributed by atoms with van der Waals surface area (Å²) in [6.07, 6.45) is 0.0589. The number of alkyl carbamates (subject to hydrolysis) is 1. The van der Waals surface area contributed by atoms with Crippen molar-refractivity contribution >= 4 is 11.9 Å². The van der Waals surface area contributed by atoms with Gasteiger partial charge in [-0.05, 0) is 45.2 Å². The Bertz CT molecular complexity index is 564. The van der Waals surface area contributed by atoms with Crippen LogP contribution in [0.3, 0.4) is 0 Å². The Kier molecular flexibility index (Phi) is 8.79. The van der Waals surface area contributed by atoms with E-state index < -0.39 is 17.7 Å². The smallest absolute Gasteiger partial charge is 0.408 e. The fraction of sp³-hybridized carbons (Fsp3) is 0.619. The van der Waals surface area contributed by atoms with Gasteiger partial charge in [0.05, 0.1) is 12.6 Å². The van der Waals surface area contributed by atoms with E-state index in [4.69, 9.17) is 4.74 Å². The normalized spacial score (nSPS) is 12.9. The van der Waals surface area contributed by atoms with Crippen molar-refractivity contribution < 1.29 is 14.3 Å². The number of benzene rings is 1. The first kappa shape index (κ1) is 22.2. The van der Waals surface area contributed by atoms with Crippen molar-refractivity contribution in [2.45, 2.75) is 66.2 Å². The lowest BCUT2D eigenvalue weighted by Gasteiger charge is -2.26. The molecule has 0 aromatic heterocycles. The van der Waals surface area contributed by atoms with E-state index in [-0.39, 0.29) is 5.78 Å². The Labute approximate surface area is 158 Å². The van der Waals surface area contributed by atoms with E-state index in [2.05, 4.69) is 22.3 Å². The van der Waals surface area contributed by atoms with Crippen LogP contribution in [0.4, 0.5) is 4.79 Å². The van der Waals surface area contributed by atoms with Gasteiger partial charge in [0.1, 0.15) is 5.60 Å². The second-order valence-electron chi connectivity index (χ2n) is 8.08. The van der Waals surface area contributed by atoms with Gasteiger partial charge in [0.25, 0.3) is 0 Å². The standard InChI is InChI=1S/C21H34N2O3/c1-7-23(14-17-11-9-8-10-12-17)15-19(24)18(13-16(2)3)22-20(25)26-21(4,5)6/h8-12,16,18H,7,13-15H2,1-6H3,(H,22,25). The van der Waals surface area contributed by atoms with Gasteiger partial charge < -0.3 is 10.1 Å². The Balaban J connectivity index is 2.72. The maximum atomic E-state index is 12.8. The molecule has 1 atom stereocenters. The topological polar surface area (TPSA) is 58.6 Å². The molecule has 1 N–H and O–H groups in total. The fourth-order valence-corrected chi connectivity index (χ4v) is 2.64. The Morgan fingerprint density at radius 1 is 1.15 bits per heavy atom. The van der Waals surface area contributed by atoms with Crippen LogP contribution in [-0.2, 0) is 16.1 Å². The molecule has 0 heterocycles.